The van der Waals surface area contributed by atoms with E-state index in [9.17, 15) is 14.4 Å². The summed E-state index contributed by atoms with van der Waals surface area (Å²) in [4.78, 5) is 42.3. The van der Waals surface area contributed by atoms with Crippen molar-refractivity contribution in [3.8, 4) is 0 Å². The highest BCUT2D eigenvalue weighted by Crippen LogP contribution is 2.21. The number of ether oxygens (including phenoxy) is 2. The zero-order chi connectivity index (χ0) is 22.3. The quantitative estimate of drug-likeness (QED) is 0.484. The molecule has 0 spiro atoms. The highest BCUT2D eigenvalue weighted by molar-refractivity contribution is 6.07. The second-order valence-electron chi connectivity index (χ2n) is 6.77. The Bertz CT molecular complexity index is 915. The standard InChI is InChI=1S/C22H29N3O5/c1-6-25(7-2)21(27)16-9-8-10-17(13-16)24-20(26)19-14(3)18(15(4)23-19)22(28)30-12-11-29-5/h8-10,13,23H,6-7,11-12H2,1-5H3,(H,24,26). The van der Waals surface area contributed by atoms with Gasteiger partial charge in [-0.25, -0.2) is 4.79 Å². The number of esters is 1. The van der Waals surface area contributed by atoms with Crippen molar-refractivity contribution in [1.29, 1.82) is 0 Å². The molecule has 30 heavy (non-hydrogen) atoms. The average Bonchev–Trinajstić information content (AvgIpc) is 3.03. The fourth-order valence-corrected chi connectivity index (χ4v) is 3.19. The van der Waals surface area contributed by atoms with Crippen molar-refractivity contribution in [2.24, 2.45) is 0 Å². The van der Waals surface area contributed by atoms with E-state index >= 15 is 0 Å². The van der Waals surface area contributed by atoms with E-state index in [1.54, 1.807) is 43.0 Å². The number of amides is 2. The Labute approximate surface area is 176 Å². The van der Waals surface area contributed by atoms with E-state index in [2.05, 4.69) is 10.3 Å². The number of rotatable bonds is 9. The van der Waals surface area contributed by atoms with Crippen molar-refractivity contribution < 1.29 is 23.9 Å². The molecule has 8 heteroatoms. The third-order valence-corrected chi connectivity index (χ3v) is 4.81. The number of aromatic nitrogens is 1. The van der Waals surface area contributed by atoms with Gasteiger partial charge in [-0.3, -0.25) is 9.59 Å². The molecule has 1 aromatic carbocycles. The Morgan fingerprint density at radius 3 is 2.43 bits per heavy atom. The number of carbonyl (C=O) groups is 3. The molecule has 0 aliphatic carbocycles. The molecule has 2 amide bonds. The summed E-state index contributed by atoms with van der Waals surface area (Å²) in [7, 11) is 1.52. The lowest BCUT2D eigenvalue weighted by Crippen LogP contribution is -2.30. The molecule has 1 aromatic heterocycles. The van der Waals surface area contributed by atoms with Gasteiger partial charge in [0, 0.05) is 37.1 Å². The maximum Gasteiger partial charge on any atom is 0.340 e. The molecule has 0 radical (unpaired) electrons. The third-order valence-electron chi connectivity index (χ3n) is 4.81. The average molecular weight is 415 g/mol. The fraction of sp³-hybridized carbons (Fsp3) is 0.409. The molecule has 0 saturated carbocycles. The molecule has 0 fully saturated rings. The van der Waals surface area contributed by atoms with E-state index in [4.69, 9.17) is 9.47 Å². The maximum atomic E-state index is 12.8. The van der Waals surface area contributed by atoms with Crippen LogP contribution in [0.4, 0.5) is 5.69 Å². The third kappa shape index (κ3) is 5.27. The summed E-state index contributed by atoms with van der Waals surface area (Å²) in [6, 6.07) is 6.79. The van der Waals surface area contributed by atoms with Crippen molar-refractivity contribution in [3.05, 3.63) is 52.3 Å². The molecule has 0 saturated heterocycles. The van der Waals surface area contributed by atoms with Gasteiger partial charge >= 0.3 is 5.97 Å². The smallest absolute Gasteiger partial charge is 0.340 e. The number of benzene rings is 1. The maximum absolute atomic E-state index is 12.8. The zero-order valence-corrected chi connectivity index (χ0v) is 18.1. The topological polar surface area (TPSA) is 101 Å². The van der Waals surface area contributed by atoms with Gasteiger partial charge in [0.1, 0.15) is 12.3 Å². The molecule has 2 N–H and O–H groups in total. The van der Waals surface area contributed by atoms with E-state index in [1.165, 1.54) is 7.11 Å². The predicted molar refractivity (Wildman–Crippen MR) is 114 cm³/mol. The number of hydrogen-bond acceptors (Lipinski definition) is 5. The van der Waals surface area contributed by atoms with Crippen LogP contribution in [0.3, 0.4) is 0 Å². The van der Waals surface area contributed by atoms with Crippen molar-refractivity contribution in [3.63, 3.8) is 0 Å². The van der Waals surface area contributed by atoms with Crippen LogP contribution >= 0.6 is 0 Å². The van der Waals surface area contributed by atoms with Crippen LogP contribution in [0, 0.1) is 13.8 Å². The van der Waals surface area contributed by atoms with E-state index in [-0.39, 0.29) is 18.2 Å². The van der Waals surface area contributed by atoms with Gasteiger partial charge in [-0.05, 0) is 51.5 Å². The second-order valence-corrected chi connectivity index (χ2v) is 6.77. The van der Waals surface area contributed by atoms with Crippen LogP contribution in [0.2, 0.25) is 0 Å². The number of methoxy groups -OCH3 is 1. The van der Waals surface area contributed by atoms with Gasteiger partial charge in [-0.15, -0.1) is 0 Å². The van der Waals surface area contributed by atoms with Gasteiger partial charge in [0.25, 0.3) is 11.8 Å². The largest absolute Gasteiger partial charge is 0.460 e. The van der Waals surface area contributed by atoms with Crippen LogP contribution in [0.1, 0.15) is 56.3 Å². The summed E-state index contributed by atoms with van der Waals surface area (Å²) in [6.07, 6.45) is 0. The lowest BCUT2D eigenvalue weighted by molar-refractivity contribution is 0.0386. The van der Waals surface area contributed by atoms with Gasteiger partial charge in [0.15, 0.2) is 0 Å². The van der Waals surface area contributed by atoms with Crippen molar-refractivity contribution >= 4 is 23.5 Å². The van der Waals surface area contributed by atoms with E-state index < -0.39 is 11.9 Å². The van der Waals surface area contributed by atoms with E-state index in [1.807, 2.05) is 13.8 Å². The Hall–Kier alpha value is -3.13. The minimum absolute atomic E-state index is 0.0934. The van der Waals surface area contributed by atoms with Gasteiger partial charge in [-0.2, -0.15) is 0 Å². The molecule has 0 unspecified atom stereocenters. The highest BCUT2D eigenvalue weighted by Gasteiger charge is 2.23. The van der Waals surface area contributed by atoms with Gasteiger partial charge < -0.3 is 24.7 Å². The molecule has 162 valence electrons. The van der Waals surface area contributed by atoms with Crippen molar-refractivity contribution in [2.75, 3.05) is 38.7 Å². The number of aromatic amines is 1. The minimum atomic E-state index is -0.510. The molecule has 8 nitrogen and oxygen atoms in total. The minimum Gasteiger partial charge on any atom is -0.460 e. The molecular formula is C22H29N3O5. The predicted octanol–water partition coefficient (Wildman–Crippen LogP) is 3.17. The lowest BCUT2D eigenvalue weighted by atomic mass is 10.1. The molecule has 0 aliphatic heterocycles. The zero-order valence-electron chi connectivity index (χ0n) is 18.1. The van der Waals surface area contributed by atoms with E-state index in [0.29, 0.717) is 47.8 Å². The summed E-state index contributed by atoms with van der Waals surface area (Å²) >= 11 is 0. The Morgan fingerprint density at radius 1 is 1.10 bits per heavy atom. The van der Waals surface area contributed by atoms with Gasteiger partial charge in [0.05, 0.1) is 12.2 Å². The first-order valence-electron chi connectivity index (χ1n) is 9.89. The number of aryl methyl sites for hydroxylation is 1. The molecule has 0 bridgehead atoms. The molecule has 0 atom stereocenters. The summed E-state index contributed by atoms with van der Waals surface area (Å²) in [5.41, 5.74) is 2.65. The fourth-order valence-electron chi connectivity index (χ4n) is 3.19. The normalized spacial score (nSPS) is 10.6. The molecule has 0 aliphatic rings. The molecule has 2 rings (SSSR count). The summed E-state index contributed by atoms with van der Waals surface area (Å²) in [6.45, 7) is 8.87. The van der Waals surface area contributed by atoms with Crippen LogP contribution in [-0.2, 0) is 9.47 Å². The highest BCUT2D eigenvalue weighted by atomic mass is 16.6. The van der Waals surface area contributed by atoms with Crippen molar-refractivity contribution in [2.45, 2.75) is 27.7 Å². The Morgan fingerprint density at radius 2 is 1.80 bits per heavy atom. The number of H-pyrrole nitrogens is 1. The summed E-state index contributed by atoms with van der Waals surface area (Å²) < 4.78 is 10.0. The molecule has 1 heterocycles. The Kier molecular flexibility index (Phi) is 8.17. The Balaban J connectivity index is 2.19. The number of nitrogens with one attached hydrogen (secondary N) is 2. The van der Waals surface area contributed by atoms with Crippen LogP contribution in [0.5, 0.6) is 0 Å². The number of anilines is 1. The molecule has 2 aromatic rings. The first-order valence-corrected chi connectivity index (χ1v) is 9.89. The first kappa shape index (κ1) is 23.2. The SMILES string of the molecule is CCN(CC)C(=O)c1cccc(NC(=O)c2[nH]c(C)c(C(=O)OCCOC)c2C)c1. The van der Waals surface area contributed by atoms with Gasteiger partial charge in [0.2, 0.25) is 0 Å². The molecular weight excluding hydrogens is 386 g/mol. The second kappa shape index (κ2) is 10.6. The van der Waals surface area contributed by atoms with Crippen molar-refractivity contribution in [1.82, 2.24) is 9.88 Å². The van der Waals surface area contributed by atoms with E-state index in [0.717, 1.165) is 0 Å². The number of hydrogen-bond donors (Lipinski definition) is 2. The van der Waals surface area contributed by atoms with Crippen LogP contribution in [0.15, 0.2) is 24.3 Å². The summed E-state index contributed by atoms with van der Waals surface area (Å²) in [5, 5.41) is 2.79. The van der Waals surface area contributed by atoms with Crippen LogP contribution in [-0.4, -0.2) is 61.1 Å². The van der Waals surface area contributed by atoms with Gasteiger partial charge in [-0.1, -0.05) is 6.07 Å². The monoisotopic (exact) mass is 415 g/mol. The lowest BCUT2D eigenvalue weighted by Gasteiger charge is -2.19. The summed E-state index contributed by atoms with van der Waals surface area (Å²) in [5.74, 6) is -1.01. The van der Waals surface area contributed by atoms with Crippen LogP contribution < -0.4 is 5.32 Å². The number of nitrogens with zero attached hydrogens (tertiary/aromatic N) is 1. The number of carbonyl (C=O) groups excluding carboxylic acids is 3. The van der Waals surface area contributed by atoms with Crippen LogP contribution in [0.25, 0.3) is 0 Å². The first-order chi connectivity index (χ1) is 14.3.